The van der Waals surface area contributed by atoms with Crippen molar-refractivity contribution in [2.45, 2.75) is 13.3 Å². The number of nitrogens with zero attached hydrogens (tertiary/aromatic N) is 2. The summed E-state index contributed by atoms with van der Waals surface area (Å²) in [6.07, 6.45) is 3.39. The van der Waals surface area contributed by atoms with E-state index in [4.69, 9.17) is 4.74 Å². The zero-order chi connectivity index (χ0) is 14.4. The molecule has 1 aromatic carbocycles. The predicted molar refractivity (Wildman–Crippen MR) is 79.8 cm³/mol. The van der Waals surface area contributed by atoms with E-state index in [2.05, 4.69) is 31.2 Å². The number of hydrogen-bond acceptors (Lipinski definition) is 5. The molecule has 0 bridgehead atoms. The topological polar surface area (TPSA) is 64.1 Å². The lowest BCUT2D eigenvalue weighted by molar-refractivity contribution is -0.142. The lowest BCUT2D eigenvalue weighted by Gasteiger charge is -2.08. The lowest BCUT2D eigenvalue weighted by atomic mass is 10.1. The van der Waals surface area contributed by atoms with Crippen LogP contribution in [0.15, 0.2) is 41.3 Å². The number of aromatic nitrogens is 2. The van der Waals surface area contributed by atoms with Gasteiger partial charge in [0.2, 0.25) is 0 Å². The fourth-order valence-corrected chi connectivity index (χ4v) is 2.00. The molecule has 0 saturated carbocycles. The molecule has 0 saturated heterocycles. The summed E-state index contributed by atoms with van der Waals surface area (Å²) in [7, 11) is 0. The summed E-state index contributed by atoms with van der Waals surface area (Å²) < 4.78 is 5.71. The number of benzene rings is 1. The fourth-order valence-electron chi connectivity index (χ4n) is 1.68. The van der Waals surface area contributed by atoms with Crippen molar-refractivity contribution in [2.75, 3.05) is 11.9 Å². The van der Waals surface area contributed by atoms with Gasteiger partial charge in [-0.3, -0.25) is 4.79 Å². The summed E-state index contributed by atoms with van der Waals surface area (Å²) in [5.41, 5.74) is 1.74. The normalized spacial score (nSPS) is 10.1. The van der Waals surface area contributed by atoms with Gasteiger partial charge in [-0.05, 0) is 40.5 Å². The minimum atomic E-state index is -0.229. The van der Waals surface area contributed by atoms with Crippen molar-refractivity contribution in [3.8, 4) is 0 Å². The first kappa shape index (κ1) is 14.5. The Morgan fingerprint density at radius 3 is 3.05 bits per heavy atom. The van der Waals surface area contributed by atoms with Crippen LogP contribution < -0.4 is 5.32 Å². The van der Waals surface area contributed by atoms with Gasteiger partial charge >= 0.3 is 5.97 Å². The average Bonchev–Trinajstić information content (AvgIpc) is 2.42. The van der Waals surface area contributed by atoms with Gasteiger partial charge < -0.3 is 10.1 Å². The Morgan fingerprint density at radius 2 is 2.30 bits per heavy atom. The third-order valence-electron chi connectivity index (χ3n) is 2.51. The van der Waals surface area contributed by atoms with Gasteiger partial charge in [0.05, 0.1) is 17.5 Å². The number of anilines is 2. The van der Waals surface area contributed by atoms with Crippen molar-refractivity contribution in [1.29, 1.82) is 0 Å². The molecule has 1 N–H and O–H groups in total. The van der Waals surface area contributed by atoms with Crippen LogP contribution in [0.4, 0.5) is 11.5 Å². The van der Waals surface area contributed by atoms with Gasteiger partial charge in [-0.25, -0.2) is 9.97 Å². The molecule has 0 atom stereocenters. The summed E-state index contributed by atoms with van der Waals surface area (Å²) in [6, 6.07) is 7.57. The minimum Gasteiger partial charge on any atom is -0.466 e. The standard InChI is InChI=1S/C14H14BrN3O2/c1-2-20-13(19)7-10-4-3-5-11(6-10)18-14-12(15)8-16-9-17-14/h3-6,8-9H,2,7H2,1H3,(H,16,17,18). The maximum atomic E-state index is 11.5. The molecule has 0 unspecified atom stereocenters. The molecule has 0 aliphatic carbocycles. The Balaban J connectivity index is 2.10. The molecule has 1 heterocycles. The highest BCUT2D eigenvalue weighted by molar-refractivity contribution is 9.10. The van der Waals surface area contributed by atoms with Crippen LogP contribution in [0.5, 0.6) is 0 Å². The zero-order valence-corrected chi connectivity index (χ0v) is 12.6. The molecule has 104 valence electrons. The quantitative estimate of drug-likeness (QED) is 0.850. The third kappa shape index (κ3) is 4.03. The Hall–Kier alpha value is -1.95. The number of rotatable bonds is 5. The van der Waals surface area contributed by atoms with E-state index in [0.717, 1.165) is 15.7 Å². The van der Waals surface area contributed by atoms with Crippen molar-refractivity contribution in [2.24, 2.45) is 0 Å². The van der Waals surface area contributed by atoms with Gasteiger partial charge in [0.1, 0.15) is 12.1 Å². The summed E-state index contributed by atoms with van der Waals surface area (Å²) in [6.45, 7) is 2.19. The number of esters is 1. The first-order valence-corrected chi connectivity index (χ1v) is 6.95. The first-order valence-electron chi connectivity index (χ1n) is 6.16. The van der Waals surface area contributed by atoms with Crippen LogP contribution in [0.25, 0.3) is 0 Å². The van der Waals surface area contributed by atoms with Gasteiger partial charge in [0, 0.05) is 11.9 Å². The second-order valence-corrected chi connectivity index (χ2v) is 4.88. The third-order valence-corrected chi connectivity index (χ3v) is 3.09. The molecule has 6 heteroatoms. The van der Waals surface area contributed by atoms with Crippen molar-refractivity contribution in [1.82, 2.24) is 9.97 Å². The molecule has 2 rings (SSSR count). The number of hydrogen-bond donors (Lipinski definition) is 1. The Kier molecular flexibility index (Phi) is 5.06. The largest absolute Gasteiger partial charge is 0.466 e. The van der Waals surface area contributed by atoms with Gasteiger partial charge in [-0.1, -0.05) is 12.1 Å². The van der Waals surface area contributed by atoms with Crippen LogP contribution in [-0.4, -0.2) is 22.5 Å². The summed E-state index contributed by atoms with van der Waals surface area (Å²) >= 11 is 3.37. The molecular weight excluding hydrogens is 322 g/mol. The monoisotopic (exact) mass is 335 g/mol. The van der Waals surface area contributed by atoms with E-state index in [1.165, 1.54) is 6.33 Å². The average molecular weight is 336 g/mol. The van der Waals surface area contributed by atoms with Crippen LogP contribution in [0, 0.1) is 0 Å². The van der Waals surface area contributed by atoms with E-state index in [0.29, 0.717) is 12.4 Å². The molecule has 0 spiro atoms. The number of carbonyl (C=O) groups excluding carboxylic acids is 1. The molecule has 0 radical (unpaired) electrons. The number of halogens is 1. The summed E-state index contributed by atoms with van der Waals surface area (Å²) in [5.74, 6) is 0.446. The summed E-state index contributed by atoms with van der Waals surface area (Å²) in [4.78, 5) is 19.5. The lowest BCUT2D eigenvalue weighted by Crippen LogP contribution is -2.07. The second-order valence-electron chi connectivity index (χ2n) is 4.03. The number of ether oxygens (including phenoxy) is 1. The van der Waals surface area contributed by atoms with Crippen molar-refractivity contribution in [3.05, 3.63) is 46.8 Å². The molecule has 0 aliphatic rings. The molecular formula is C14H14BrN3O2. The zero-order valence-electron chi connectivity index (χ0n) is 11.0. The van der Waals surface area contributed by atoms with E-state index in [1.807, 2.05) is 24.3 Å². The van der Waals surface area contributed by atoms with E-state index in [1.54, 1.807) is 13.1 Å². The maximum Gasteiger partial charge on any atom is 0.310 e. The number of carbonyl (C=O) groups is 1. The minimum absolute atomic E-state index is 0.229. The molecule has 0 aliphatic heterocycles. The second kappa shape index (κ2) is 7.00. The predicted octanol–water partition coefficient (Wildman–Crippen LogP) is 3.09. The fraction of sp³-hybridized carbons (Fsp3) is 0.214. The molecule has 0 amide bonds. The van der Waals surface area contributed by atoms with Gasteiger partial charge in [-0.15, -0.1) is 0 Å². The van der Waals surface area contributed by atoms with Crippen molar-refractivity contribution >= 4 is 33.4 Å². The van der Waals surface area contributed by atoms with E-state index in [-0.39, 0.29) is 12.4 Å². The molecule has 20 heavy (non-hydrogen) atoms. The van der Waals surface area contributed by atoms with E-state index in [9.17, 15) is 4.79 Å². The van der Waals surface area contributed by atoms with Crippen LogP contribution in [0.2, 0.25) is 0 Å². The van der Waals surface area contributed by atoms with Gasteiger partial charge in [-0.2, -0.15) is 0 Å². The first-order chi connectivity index (χ1) is 9.69. The van der Waals surface area contributed by atoms with Crippen molar-refractivity contribution in [3.63, 3.8) is 0 Å². The Bertz CT molecular complexity index is 604. The summed E-state index contributed by atoms with van der Waals surface area (Å²) in [5, 5.41) is 3.17. The molecule has 0 fully saturated rings. The SMILES string of the molecule is CCOC(=O)Cc1cccc(Nc2ncncc2Br)c1. The maximum absolute atomic E-state index is 11.5. The Morgan fingerprint density at radius 1 is 1.45 bits per heavy atom. The van der Waals surface area contributed by atoms with Crippen molar-refractivity contribution < 1.29 is 9.53 Å². The highest BCUT2D eigenvalue weighted by Gasteiger charge is 2.06. The van der Waals surface area contributed by atoms with Crippen LogP contribution >= 0.6 is 15.9 Å². The van der Waals surface area contributed by atoms with Crippen LogP contribution in [-0.2, 0) is 16.0 Å². The highest BCUT2D eigenvalue weighted by atomic mass is 79.9. The Labute approximate surface area is 125 Å². The van der Waals surface area contributed by atoms with Gasteiger partial charge in [0.25, 0.3) is 0 Å². The van der Waals surface area contributed by atoms with E-state index >= 15 is 0 Å². The highest BCUT2D eigenvalue weighted by Crippen LogP contribution is 2.22. The van der Waals surface area contributed by atoms with Crippen LogP contribution in [0.1, 0.15) is 12.5 Å². The van der Waals surface area contributed by atoms with E-state index < -0.39 is 0 Å². The van der Waals surface area contributed by atoms with Crippen LogP contribution in [0.3, 0.4) is 0 Å². The molecule has 5 nitrogen and oxygen atoms in total. The molecule has 1 aromatic heterocycles. The number of nitrogens with one attached hydrogen (secondary N) is 1. The smallest absolute Gasteiger partial charge is 0.310 e. The van der Waals surface area contributed by atoms with Gasteiger partial charge in [0.15, 0.2) is 0 Å². The molecule has 2 aromatic rings.